The molecular formula is C16H21BrN2O2. The molecule has 1 aliphatic carbocycles. The Balaban J connectivity index is 1.61. The van der Waals surface area contributed by atoms with Crippen molar-refractivity contribution in [2.24, 2.45) is 0 Å². The number of amides is 1. The molecule has 1 aromatic carbocycles. The van der Waals surface area contributed by atoms with Gasteiger partial charge >= 0.3 is 0 Å². The van der Waals surface area contributed by atoms with Crippen molar-refractivity contribution in [3.63, 3.8) is 0 Å². The minimum absolute atomic E-state index is 0.0538. The van der Waals surface area contributed by atoms with Crippen LogP contribution in [0.15, 0.2) is 28.7 Å². The van der Waals surface area contributed by atoms with Crippen LogP contribution in [0, 0.1) is 0 Å². The molecule has 1 saturated carbocycles. The predicted octanol–water partition coefficient (Wildman–Crippen LogP) is 1.98. The van der Waals surface area contributed by atoms with Crippen LogP contribution in [0.3, 0.4) is 0 Å². The summed E-state index contributed by atoms with van der Waals surface area (Å²) in [7, 11) is 0. The van der Waals surface area contributed by atoms with Gasteiger partial charge in [0.2, 0.25) is 5.91 Å². The second kappa shape index (κ2) is 6.46. The largest absolute Gasteiger partial charge is 0.378 e. The molecule has 0 radical (unpaired) electrons. The Morgan fingerprint density at radius 3 is 2.71 bits per heavy atom. The van der Waals surface area contributed by atoms with Crippen LogP contribution in [-0.4, -0.2) is 38.3 Å². The van der Waals surface area contributed by atoms with Crippen molar-refractivity contribution < 1.29 is 9.53 Å². The van der Waals surface area contributed by atoms with Crippen molar-refractivity contribution in [3.8, 4) is 0 Å². The molecule has 21 heavy (non-hydrogen) atoms. The highest BCUT2D eigenvalue weighted by atomic mass is 79.9. The SMILES string of the molecule is O=C(NCC1(c2ccc(Br)cc2)CCC1)C1COCCN1. The van der Waals surface area contributed by atoms with E-state index in [2.05, 4.69) is 50.8 Å². The third kappa shape index (κ3) is 3.30. The average Bonchev–Trinajstić information content (AvgIpc) is 2.48. The van der Waals surface area contributed by atoms with E-state index in [9.17, 15) is 4.79 Å². The Labute approximate surface area is 133 Å². The van der Waals surface area contributed by atoms with Crippen molar-refractivity contribution in [2.75, 3.05) is 26.3 Å². The molecular weight excluding hydrogens is 332 g/mol. The highest BCUT2D eigenvalue weighted by Crippen LogP contribution is 2.43. The fourth-order valence-corrected chi connectivity index (χ4v) is 3.35. The Morgan fingerprint density at radius 2 is 2.14 bits per heavy atom. The molecule has 114 valence electrons. The highest BCUT2D eigenvalue weighted by Gasteiger charge is 2.39. The predicted molar refractivity (Wildman–Crippen MR) is 85.3 cm³/mol. The fraction of sp³-hybridized carbons (Fsp3) is 0.562. The van der Waals surface area contributed by atoms with Gasteiger partial charge in [0.25, 0.3) is 0 Å². The molecule has 4 nitrogen and oxygen atoms in total. The number of benzene rings is 1. The lowest BCUT2D eigenvalue weighted by Gasteiger charge is -2.43. The fourth-order valence-electron chi connectivity index (χ4n) is 3.09. The standard InChI is InChI=1S/C16H21BrN2O2/c17-13-4-2-12(3-5-13)16(6-1-7-16)11-19-15(20)14-10-21-9-8-18-14/h2-5,14,18H,1,6-11H2,(H,19,20). The van der Waals surface area contributed by atoms with E-state index >= 15 is 0 Å². The number of carbonyl (C=O) groups is 1. The molecule has 0 bridgehead atoms. The summed E-state index contributed by atoms with van der Waals surface area (Å²) in [6, 6.07) is 8.27. The molecule has 0 aromatic heterocycles. The molecule has 1 amide bonds. The molecule has 1 unspecified atom stereocenters. The van der Waals surface area contributed by atoms with Crippen LogP contribution >= 0.6 is 15.9 Å². The van der Waals surface area contributed by atoms with E-state index in [-0.39, 0.29) is 17.4 Å². The van der Waals surface area contributed by atoms with Crippen LogP contribution in [0.4, 0.5) is 0 Å². The van der Waals surface area contributed by atoms with Gasteiger partial charge in [0.15, 0.2) is 0 Å². The monoisotopic (exact) mass is 352 g/mol. The van der Waals surface area contributed by atoms with Gasteiger partial charge in [-0.05, 0) is 30.5 Å². The first-order valence-electron chi connectivity index (χ1n) is 7.55. The van der Waals surface area contributed by atoms with Crippen molar-refractivity contribution in [1.29, 1.82) is 0 Å². The number of ether oxygens (including phenoxy) is 1. The third-order valence-electron chi connectivity index (χ3n) is 4.61. The quantitative estimate of drug-likeness (QED) is 0.870. The van der Waals surface area contributed by atoms with Crippen LogP contribution in [0.2, 0.25) is 0 Å². The summed E-state index contributed by atoms with van der Waals surface area (Å²) in [4.78, 5) is 12.2. The molecule has 2 fully saturated rings. The molecule has 1 aliphatic heterocycles. The minimum Gasteiger partial charge on any atom is -0.378 e. The first-order valence-corrected chi connectivity index (χ1v) is 8.34. The van der Waals surface area contributed by atoms with Gasteiger partial charge < -0.3 is 15.4 Å². The Kier molecular flexibility index (Phi) is 4.62. The van der Waals surface area contributed by atoms with Crippen LogP contribution in [-0.2, 0) is 14.9 Å². The molecule has 1 aromatic rings. The number of halogens is 1. The summed E-state index contributed by atoms with van der Waals surface area (Å²) in [6.07, 6.45) is 3.52. The molecule has 3 rings (SSSR count). The molecule has 1 saturated heterocycles. The van der Waals surface area contributed by atoms with Gasteiger partial charge in [-0.25, -0.2) is 0 Å². The van der Waals surface area contributed by atoms with Crippen molar-refractivity contribution in [3.05, 3.63) is 34.3 Å². The summed E-state index contributed by atoms with van der Waals surface area (Å²) in [5.74, 6) is 0.0538. The Morgan fingerprint density at radius 1 is 1.38 bits per heavy atom. The summed E-state index contributed by atoms with van der Waals surface area (Å²) in [5, 5.41) is 6.31. The molecule has 2 aliphatic rings. The first kappa shape index (κ1) is 15.0. The van der Waals surface area contributed by atoms with E-state index in [4.69, 9.17) is 4.74 Å². The first-order chi connectivity index (χ1) is 10.2. The third-order valence-corrected chi connectivity index (χ3v) is 5.14. The number of hydrogen-bond acceptors (Lipinski definition) is 3. The molecule has 0 spiro atoms. The lowest BCUT2D eigenvalue weighted by molar-refractivity contribution is -0.126. The lowest BCUT2D eigenvalue weighted by Crippen LogP contribution is -2.54. The van der Waals surface area contributed by atoms with Crippen molar-refractivity contribution in [1.82, 2.24) is 10.6 Å². The van der Waals surface area contributed by atoms with E-state index in [0.29, 0.717) is 19.8 Å². The maximum Gasteiger partial charge on any atom is 0.239 e. The molecule has 1 heterocycles. The number of morpholine rings is 1. The van der Waals surface area contributed by atoms with Gasteiger partial charge in [0, 0.05) is 23.0 Å². The smallest absolute Gasteiger partial charge is 0.239 e. The lowest BCUT2D eigenvalue weighted by atomic mass is 9.64. The minimum atomic E-state index is -0.208. The van der Waals surface area contributed by atoms with E-state index in [0.717, 1.165) is 23.9 Å². The summed E-state index contributed by atoms with van der Waals surface area (Å²) < 4.78 is 6.44. The number of rotatable bonds is 4. The summed E-state index contributed by atoms with van der Waals surface area (Å²) >= 11 is 3.47. The van der Waals surface area contributed by atoms with E-state index in [1.807, 2.05) is 0 Å². The summed E-state index contributed by atoms with van der Waals surface area (Å²) in [6.45, 7) is 2.62. The van der Waals surface area contributed by atoms with Crippen LogP contribution in [0.5, 0.6) is 0 Å². The molecule has 1 atom stereocenters. The number of nitrogens with one attached hydrogen (secondary N) is 2. The van der Waals surface area contributed by atoms with Crippen LogP contribution < -0.4 is 10.6 Å². The number of hydrogen-bond donors (Lipinski definition) is 2. The molecule has 2 N–H and O–H groups in total. The van der Waals surface area contributed by atoms with E-state index in [1.165, 1.54) is 12.0 Å². The Bertz CT molecular complexity index is 494. The van der Waals surface area contributed by atoms with Crippen LogP contribution in [0.1, 0.15) is 24.8 Å². The summed E-state index contributed by atoms with van der Waals surface area (Å²) in [5.41, 5.74) is 1.44. The van der Waals surface area contributed by atoms with Gasteiger partial charge in [-0.1, -0.05) is 34.5 Å². The zero-order valence-corrected chi connectivity index (χ0v) is 13.6. The van der Waals surface area contributed by atoms with E-state index in [1.54, 1.807) is 0 Å². The maximum absolute atomic E-state index is 12.2. The van der Waals surface area contributed by atoms with Gasteiger partial charge in [0.1, 0.15) is 6.04 Å². The van der Waals surface area contributed by atoms with Gasteiger partial charge in [0.05, 0.1) is 13.2 Å². The zero-order valence-electron chi connectivity index (χ0n) is 12.0. The maximum atomic E-state index is 12.2. The second-order valence-corrected chi connectivity index (χ2v) is 6.86. The average molecular weight is 353 g/mol. The van der Waals surface area contributed by atoms with Gasteiger partial charge in [-0.2, -0.15) is 0 Å². The topological polar surface area (TPSA) is 50.4 Å². The van der Waals surface area contributed by atoms with Gasteiger partial charge in [-0.3, -0.25) is 4.79 Å². The van der Waals surface area contributed by atoms with Crippen molar-refractivity contribution >= 4 is 21.8 Å². The highest BCUT2D eigenvalue weighted by molar-refractivity contribution is 9.10. The number of carbonyl (C=O) groups excluding carboxylic acids is 1. The molecule has 5 heteroatoms. The Hall–Kier alpha value is -0.910. The van der Waals surface area contributed by atoms with Crippen molar-refractivity contribution in [2.45, 2.75) is 30.7 Å². The van der Waals surface area contributed by atoms with Gasteiger partial charge in [-0.15, -0.1) is 0 Å². The normalized spacial score (nSPS) is 24.1. The zero-order chi connectivity index (χ0) is 14.7. The second-order valence-electron chi connectivity index (χ2n) is 5.94. The van der Waals surface area contributed by atoms with E-state index < -0.39 is 0 Å². The van der Waals surface area contributed by atoms with Crippen LogP contribution in [0.25, 0.3) is 0 Å².